The Morgan fingerprint density at radius 2 is 2.22 bits per heavy atom. The molecule has 0 saturated heterocycles. The molecule has 0 fully saturated rings. The molecule has 1 aromatic carbocycles. The van der Waals surface area contributed by atoms with Gasteiger partial charge in [0.1, 0.15) is 0 Å². The molecule has 0 saturated carbocycles. The topological polar surface area (TPSA) is 42.0 Å². The lowest BCUT2D eigenvalue weighted by atomic mass is 10.2. The lowest BCUT2D eigenvalue weighted by Gasteiger charge is -2.10. The van der Waals surface area contributed by atoms with Crippen molar-refractivity contribution in [3.8, 4) is 0 Å². The summed E-state index contributed by atoms with van der Waals surface area (Å²) in [6, 6.07) is 8.33. The van der Waals surface area contributed by atoms with Crippen molar-refractivity contribution >= 4 is 27.5 Å². The Morgan fingerprint density at radius 3 is 2.94 bits per heavy atom. The lowest BCUT2D eigenvalue weighted by molar-refractivity contribution is -0.121. The van der Waals surface area contributed by atoms with Crippen LogP contribution in [0.5, 0.6) is 0 Å². The number of amides is 1. The van der Waals surface area contributed by atoms with E-state index in [2.05, 4.69) is 23.3 Å². The van der Waals surface area contributed by atoms with E-state index in [0.717, 1.165) is 23.4 Å². The van der Waals surface area contributed by atoms with Crippen molar-refractivity contribution in [2.45, 2.75) is 39.2 Å². The lowest BCUT2D eigenvalue weighted by Crippen LogP contribution is -2.31. The molecule has 0 bridgehead atoms. The van der Waals surface area contributed by atoms with E-state index >= 15 is 0 Å². The molecule has 0 aliphatic rings. The van der Waals surface area contributed by atoms with Gasteiger partial charge < -0.3 is 5.32 Å². The van der Waals surface area contributed by atoms with Crippen molar-refractivity contribution < 1.29 is 4.79 Å². The van der Waals surface area contributed by atoms with Crippen LogP contribution in [-0.4, -0.2) is 16.9 Å². The molecule has 1 aromatic heterocycles. The van der Waals surface area contributed by atoms with Gasteiger partial charge in [0.25, 0.3) is 0 Å². The maximum atomic E-state index is 11.7. The number of aromatic nitrogens is 1. The first-order valence-corrected chi connectivity index (χ1v) is 7.14. The predicted octanol–water partition coefficient (Wildman–Crippen LogP) is 3.14. The van der Waals surface area contributed by atoms with Crippen molar-refractivity contribution in [3.05, 3.63) is 29.3 Å². The van der Waals surface area contributed by atoms with Crippen molar-refractivity contribution in [1.29, 1.82) is 0 Å². The maximum absolute atomic E-state index is 11.7. The van der Waals surface area contributed by atoms with Gasteiger partial charge in [-0.15, -0.1) is 11.3 Å². The van der Waals surface area contributed by atoms with E-state index in [4.69, 9.17) is 0 Å². The summed E-state index contributed by atoms with van der Waals surface area (Å²) in [5.74, 6) is 0.114. The van der Waals surface area contributed by atoms with Crippen molar-refractivity contribution in [3.63, 3.8) is 0 Å². The van der Waals surface area contributed by atoms with Crippen molar-refractivity contribution in [2.24, 2.45) is 0 Å². The third kappa shape index (κ3) is 3.29. The van der Waals surface area contributed by atoms with Gasteiger partial charge in [-0.1, -0.05) is 19.1 Å². The summed E-state index contributed by atoms with van der Waals surface area (Å²) in [5.41, 5.74) is 1.03. The van der Waals surface area contributed by atoms with Gasteiger partial charge in [-0.05, 0) is 25.5 Å². The highest BCUT2D eigenvalue weighted by Gasteiger charge is 2.08. The van der Waals surface area contributed by atoms with Crippen LogP contribution in [0.3, 0.4) is 0 Å². The average Bonchev–Trinajstić information content (AvgIpc) is 2.79. The van der Waals surface area contributed by atoms with Crippen LogP contribution >= 0.6 is 11.3 Å². The van der Waals surface area contributed by atoms with Gasteiger partial charge in [0.2, 0.25) is 5.91 Å². The third-order valence-electron chi connectivity index (χ3n) is 2.92. The smallest absolute Gasteiger partial charge is 0.220 e. The second-order valence-electron chi connectivity index (χ2n) is 4.45. The highest BCUT2D eigenvalue weighted by molar-refractivity contribution is 7.18. The van der Waals surface area contributed by atoms with E-state index in [1.54, 1.807) is 11.3 Å². The van der Waals surface area contributed by atoms with Crippen LogP contribution in [0.15, 0.2) is 24.3 Å². The number of para-hydroxylation sites is 1. The first-order valence-electron chi connectivity index (χ1n) is 6.33. The molecule has 2 aromatic rings. The van der Waals surface area contributed by atoms with Crippen LogP contribution in [0.25, 0.3) is 10.2 Å². The SMILES string of the molecule is CCC(C)NC(=O)CCc1nc2ccccc2s1. The zero-order valence-electron chi connectivity index (χ0n) is 10.8. The number of hydrogen-bond acceptors (Lipinski definition) is 3. The number of carbonyl (C=O) groups excluding carboxylic acids is 1. The summed E-state index contributed by atoms with van der Waals surface area (Å²) in [4.78, 5) is 16.2. The summed E-state index contributed by atoms with van der Waals surface area (Å²) in [6.07, 6.45) is 2.21. The molecular formula is C14H18N2OS. The predicted molar refractivity (Wildman–Crippen MR) is 75.8 cm³/mol. The zero-order chi connectivity index (χ0) is 13.0. The maximum Gasteiger partial charge on any atom is 0.220 e. The molecular weight excluding hydrogens is 244 g/mol. The Hall–Kier alpha value is -1.42. The number of nitrogens with zero attached hydrogens (tertiary/aromatic N) is 1. The quantitative estimate of drug-likeness (QED) is 0.899. The summed E-state index contributed by atoms with van der Waals surface area (Å²) in [5, 5.41) is 4.01. The molecule has 96 valence electrons. The van der Waals surface area contributed by atoms with E-state index in [1.165, 1.54) is 4.70 Å². The standard InChI is InChI=1S/C14H18N2OS/c1-3-10(2)15-13(17)8-9-14-16-11-6-4-5-7-12(11)18-14/h4-7,10H,3,8-9H2,1-2H3,(H,15,17). The van der Waals surface area contributed by atoms with Crippen LogP contribution in [0, 0.1) is 0 Å². The van der Waals surface area contributed by atoms with Crippen molar-refractivity contribution in [2.75, 3.05) is 0 Å². The molecule has 2 rings (SSSR count). The Labute approximate surface area is 111 Å². The number of aryl methyl sites for hydroxylation is 1. The van der Waals surface area contributed by atoms with Crippen LogP contribution in [0.4, 0.5) is 0 Å². The second kappa shape index (κ2) is 5.96. The minimum Gasteiger partial charge on any atom is -0.354 e. The second-order valence-corrected chi connectivity index (χ2v) is 5.57. The molecule has 0 aliphatic carbocycles. The number of fused-ring (bicyclic) bond motifs is 1. The summed E-state index contributed by atoms with van der Waals surface area (Å²) in [7, 11) is 0. The van der Waals surface area contributed by atoms with Gasteiger partial charge in [-0.2, -0.15) is 0 Å². The Kier molecular flexibility index (Phi) is 4.31. The molecule has 1 amide bonds. The average molecular weight is 262 g/mol. The molecule has 1 unspecified atom stereocenters. The van der Waals surface area contributed by atoms with Crippen LogP contribution < -0.4 is 5.32 Å². The van der Waals surface area contributed by atoms with Gasteiger partial charge in [-0.3, -0.25) is 4.79 Å². The van der Waals surface area contributed by atoms with Gasteiger partial charge in [0, 0.05) is 18.9 Å². The fourth-order valence-electron chi connectivity index (χ4n) is 1.70. The van der Waals surface area contributed by atoms with Crippen LogP contribution in [0.2, 0.25) is 0 Å². The fraction of sp³-hybridized carbons (Fsp3) is 0.429. The number of rotatable bonds is 5. The van der Waals surface area contributed by atoms with E-state index in [-0.39, 0.29) is 11.9 Å². The number of hydrogen-bond donors (Lipinski definition) is 1. The van der Waals surface area contributed by atoms with Gasteiger partial charge in [0.05, 0.1) is 15.2 Å². The molecule has 18 heavy (non-hydrogen) atoms. The van der Waals surface area contributed by atoms with E-state index < -0.39 is 0 Å². The summed E-state index contributed by atoms with van der Waals surface area (Å²) in [6.45, 7) is 4.09. The Bertz CT molecular complexity index is 502. The molecule has 1 atom stereocenters. The summed E-state index contributed by atoms with van der Waals surface area (Å²) >= 11 is 1.67. The van der Waals surface area contributed by atoms with Gasteiger partial charge in [-0.25, -0.2) is 4.98 Å². The molecule has 4 heteroatoms. The minimum atomic E-state index is 0.114. The third-order valence-corrected chi connectivity index (χ3v) is 4.02. The zero-order valence-corrected chi connectivity index (χ0v) is 11.6. The van der Waals surface area contributed by atoms with Gasteiger partial charge in [0.15, 0.2) is 0 Å². The first kappa shape index (κ1) is 13.0. The van der Waals surface area contributed by atoms with Crippen molar-refractivity contribution in [1.82, 2.24) is 10.3 Å². The van der Waals surface area contributed by atoms with E-state index in [1.807, 2.05) is 25.1 Å². The highest BCUT2D eigenvalue weighted by atomic mass is 32.1. The Morgan fingerprint density at radius 1 is 1.44 bits per heavy atom. The molecule has 0 spiro atoms. The largest absolute Gasteiger partial charge is 0.354 e. The minimum absolute atomic E-state index is 0.114. The first-order chi connectivity index (χ1) is 8.69. The monoisotopic (exact) mass is 262 g/mol. The number of carbonyl (C=O) groups is 1. The fourth-order valence-corrected chi connectivity index (χ4v) is 2.66. The van der Waals surface area contributed by atoms with E-state index in [0.29, 0.717) is 6.42 Å². The molecule has 1 N–H and O–H groups in total. The van der Waals surface area contributed by atoms with Crippen LogP contribution in [-0.2, 0) is 11.2 Å². The molecule has 0 radical (unpaired) electrons. The van der Waals surface area contributed by atoms with E-state index in [9.17, 15) is 4.79 Å². The normalized spacial score (nSPS) is 12.6. The Balaban J connectivity index is 1.92. The molecule has 1 heterocycles. The number of benzene rings is 1. The molecule has 0 aliphatic heterocycles. The number of nitrogens with one attached hydrogen (secondary N) is 1. The van der Waals surface area contributed by atoms with Crippen LogP contribution in [0.1, 0.15) is 31.7 Å². The van der Waals surface area contributed by atoms with Gasteiger partial charge >= 0.3 is 0 Å². The molecule has 3 nitrogen and oxygen atoms in total. The summed E-state index contributed by atoms with van der Waals surface area (Å²) < 4.78 is 1.19. The number of thiazole rings is 1. The highest BCUT2D eigenvalue weighted by Crippen LogP contribution is 2.22.